The number of hydrogen-bond acceptors (Lipinski definition) is 4. The molecule has 1 aromatic rings. The number of anilines is 1. The molecule has 3 unspecified atom stereocenters. The highest BCUT2D eigenvalue weighted by Gasteiger charge is 2.43. The summed E-state index contributed by atoms with van der Waals surface area (Å²) in [4.78, 5) is 27.5. The van der Waals surface area contributed by atoms with Crippen LogP contribution in [0.5, 0.6) is 0 Å². The lowest BCUT2D eigenvalue weighted by atomic mass is 9.81. The fourth-order valence-corrected chi connectivity index (χ4v) is 4.73. The molecule has 3 N–H and O–H groups in total. The van der Waals surface area contributed by atoms with Crippen LogP contribution in [0.15, 0.2) is 24.3 Å². The molecule has 1 aromatic carbocycles. The quantitative estimate of drug-likeness (QED) is 0.763. The Morgan fingerprint density at radius 1 is 1.00 bits per heavy atom. The maximum atomic E-state index is 13.0. The SMILES string of the molecule is Cc1ccc(NC(=O)C2CCN(C(=O)C3NNC4CCCCC43)CC2)cc1. The zero-order valence-electron chi connectivity index (χ0n) is 16.0. The number of aryl methyl sites for hydroxylation is 1. The van der Waals surface area contributed by atoms with E-state index in [4.69, 9.17) is 0 Å². The molecule has 146 valence electrons. The number of nitrogens with one attached hydrogen (secondary N) is 3. The van der Waals surface area contributed by atoms with Crippen LogP contribution in [0.25, 0.3) is 0 Å². The molecular weight excluding hydrogens is 340 g/mol. The van der Waals surface area contributed by atoms with Gasteiger partial charge in [0.25, 0.3) is 0 Å². The molecule has 6 heteroatoms. The van der Waals surface area contributed by atoms with E-state index in [1.807, 2.05) is 36.1 Å². The van der Waals surface area contributed by atoms with Crippen molar-refractivity contribution in [2.75, 3.05) is 18.4 Å². The summed E-state index contributed by atoms with van der Waals surface area (Å²) in [6.45, 7) is 3.36. The van der Waals surface area contributed by atoms with Crippen molar-refractivity contribution in [3.63, 3.8) is 0 Å². The molecule has 2 heterocycles. The van der Waals surface area contributed by atoms with Crippen molar-refractivity contribution < 1.29 is 9.59 Å². The Balaban J connectivity index is 1.29. The lowest BCUT2D eigenvalue weighted by Gasteiger charge is -2.35. The van der Waals surface area contributed by atoms with Gasteiger partial charge in [-0.15, -0.1) is 0 Å². The van der Waals surface area contributed by atoms with Gasteiger partial charge < -0.3 is 10.2 Å². The van der Waals surface area contributed by atoms with Crippen molar-refractivity contribution in [3.05, 3.63) is 29.8 Å². The summed E-state index contributed by atoms with van der Waals surface area (Å²) in [7, 11) is 0. The molecule has 0 aromatic heterocycles. The number of hydrazine groups is 1. The number of rotatable bonds is 3. The molecule has 2 saturated heterocycles. The summed E-state index contributed by atoms with van der Waals surface area (Å²) in [5.41, 5.74) is 8.59. The summed E-state index contributed by atoms with van der Waals surface area (Å²) in [6, 6.07) is 8.20. The first-order valence-corrected chi connectivity index (χ1v) is 10.3. The van der Waals surface area contributed by atoms with Gasteiger partial charge in [-0.1, -0.05) is 30.5 Å². The van der Waals surface area contributed by atoms with Crippen LogP contribution in [0.1, 0.15) is 44.1 Å². The van der Waals surface area contributed by atoms with Crippen LogP contribution in [0.3, 0.4) is 0 Å². The maximum Gasteiger partial charge on any atom is 0.241 e. The second-order valence-corrected chi connectivity index (χ2v) is 8.28. The molecule has 0 radical (unpaired) electrons. The van der Waals surface area contributed by atoms with E-state index in [0.717, 1.165) is 31.4 Å². The average molecular weight is 370 g/mol. The maximum absolute atomic E-state index is 13.0. The van der Waals surface area contributed by atoms with Gasteiger partial charge in [0.15, 0.2) is 0 Å². The van der Waals surface area contributed by atoms with Crippen molar-refractivity contribution in [2.24, 2.45) is 11.8 Å². The monoisotopic (exact) mass is 370 g/mol. The van der Waals surface area contributed by atoms with Crippen molar-refractivity contribution in [1.82, 2.24) is 15.8 Å². The Bertz CT molecular complexity index is 682. The van der Waals surface area contributed by atoms with Crippen molar-refractivity contribution in [1.29, 1.82) is 0 Å². The molecule has 0 spiro atoms. The van der Waals surface area contributed by atoms with Gasteiger partial charge in [-0.25, -0.2) is 5.43 Å². The fourth-order valence-electron chi connectivity index (χ4n) is 4.73. The molecule has 27 heavy (non-hydrogen) atoms. The molecule has 2 aliphatic heterocycles. The fraction of sp³-hybridized carbons (Fsp3) is 0.619. The minimum Gasteiger partial charge on any atom is -0.341 e. The third kappa shape index (κ3) is 4.01. The molecule has 3 atom stereocenters. The van der Waals surface area contributed by atoms with Crippen LogP contribution in [0.4, 0.5) is 5.69 Å². The third-order valence-electron chi connectivity index (χ3n) is 6.43. The van der Waals surface area contributed by atoms with Crippen molar-refractivity contribution >= 4 is 17.5 Å². The van der Waals surface area contributed by atoms with E-state index in [9.17, 15) is 9.59 Å². The zero-order chi connectivity index (χ0) is 18.8. The second-order valence-electron chi connectivity index (χ2n) is 8.28. The Hall–Kier alpha value is -1.92. The number of carbonyl (C=O) groups is 2. The highest BCUT2D eigenvalue weighted by molar-refractivity contribution is 5.92. The predicted octanol–water partition coefficient (Wildman–Crippen LogP) is 2.21. The van der Waals surface area contributed by atoms with E-state index in [1.165, 1.54) is 18.4 Å². The van der Waals surface area contributed by atoms with Crippen LogP contribution in [-0.4, -0.2) is 41.9 Å². The Morgan fingerprint density at radius 3 is 2.44 bits per heavy atom. The van der Waals surface area contributed by atoms with Crippen LogP contribution in [-0.2, 0) is 9.59 Å². The summed E-state index contributed by atoms with van der Waals surface area (Å²) < 4.78 is 0. The molecule has 0 bridgehead atoms. The van der Waals surface area contributed by atoms with Gasteiger partial charge in [-0.2, -0.15) is 0 Å². The van der Waals surface area contributed by atoms with Gasteiger partial charge in [-0.3, -0.25) is 15.0 Å². The Kier molecular flexibility index (Phi) is 5.45. The number of piperidine rings is 1. The second kappa shape index (κ2) is 7.98. The molecule has 1 saturated carbocycles. The first-order valence-electron chi connectivity index (χ1n) is 10.3. The van der Waals surface area contributed by atoms with Gasteiger partial charge in [-0.05, 0) is 44.7 Å². The van der Waals surface area contributed by atoms with Crippen molar-refractivity contribution in [3.8, 4) is 0 Å². The van der Waals surface area contributed by atoms with Crippen molar-refractivity contribution in [2.45, 2.75) is 57.5 Å². The summed E-state index contributed by atoms with van der Waals surface area (Å²) in [5, 5.41) is 3.01. The normalized spacial score (nSPS) is 28.6. The minimum absolute atomic E-state index is 0.0209. The number of fused-ring (bicyclic) bond motifs is 1. The minimum atomic E-state index is -0.103. The lowest BCUT2D eigenvalue weighted by molar-refractivity contribution is -0.137. The van der Waals surface area contributed by atoms with Gasteiger partial charge in [0.05, 0.1) is 0 Å². The Morgan fingerprint density at radius 2 is 1.70 bits per heavy atom. The third-order valence-corrected chi connectivity index (χ3v) is 6.43. The molecular formula is C21H30N4O2. The number of benzene rings is 1. The first-order chi connectivity index (χ1) is 13.1. The number of carbonyl (C=O) groups excluding carboxylic acids is 2. The number of amides is 2. The largest absolute Gasteiger partial charge is 0.341 e. The van der Waals surface area contributed by atoms with Gasteiger partial charge >= 0.3 is 0 Å². The van der Waals surface area contributed by atoms with Gasteiger partial charge in [0, 0.05) is 36.7 Å². The van der Waals surface area contributed by atoms with Gasteiger partial charge in [0.1, 0.15) is 6.04 Å². The van der Waals surface area contributed by atoms with E-state index in [0.29, 0.717) is 25.0 Å². The number of likely N-dealkylation sites (tertiary alicyclic amines) is 1. The van der Waals surface area contributed by atoms with E-state index in [-0.39, 0.29) is 23.8 Å². The summed E-state index contributed by atoms with van der Waals surface area (Å²) >= 11 is 0. The molecule has 1 aliphatic carbocycles. The highest BCUT2D eigenvalue weighted by Crippen LogP contribution is 2.31. The van der Waals surface area contributed by atoms with E-state index in [2.05, 4.69) is 16.2 Å². The van der Waals surface area contributed by atoms with Gasteiger partial charge in [0.2, 0.25) is 11.8 Å². The molecule has 4 rings (SSSR count). The average Bonchev–Trinajstić information content (AvgIpc) is 3.13. The standard InChI is InChI=1S/C21H30N4O2/c1-14-6-8-16(9-7-14)22-20(26)15-10-12-25(13-11-15)21(27)19-17-4-2-3-5-18(17)23-24-19/h6-9,15,17-19,23-24H,2-5,10-13H2,1H3,(H,22,26). The number of nitrogens with zero attached hydrogens (tertiary/aromatic N) is 1. The van der Waals surface area contributed by atoms with E-state index >= 15 is 0 Å². The van der Waals surface area contributed by atoms with Crippen LogP contribution in [0.2, 0.25) is 0 Å². The lowest BCUT2D eigenvalue weighted by Crippen LogP contribution is -2.51. The van der Waals surface area contributed by atoms with E-state index in [1.54, 1.807) is 0 Å². The molecule has 2 amide bonds. The molecule has 3 aliphatic rings. The van der Waals surface area contributed by atoms with Crippen LogP contribution in [0, 0.1) is 18.8 Å². The van der Waals surface area contributed by atoms with Crippen LogP contribution >= 0.6 is 0 Å². The van der Waals surface area contributed by atoms with Crippen LogP contribution < -0.4 is 16.2 Å². The highest BCUT2D eigenvalue weighted by atomic mass is 16.2. The smallest absolute Gasteiger partial charge is 0.241 e. The predicted molar refractivity (Wildman–Crippen MR) is 105 cm³/mol. The van der Waals surface area contributed by atoms with E-state index < -0.39 is 0 Å². The molecule has 6 nitrogen and oxygen atoms in total. The number of hydrogen-bond donors (Lipinski definition) is 3. The zero-order valence-corrected chi connectivity index (χ0v) is 16.0. The summed E-state index contributed by atoms with van der Waals surface area (Å²) in [6.07, 6.45) is 6.21. The summed E-state index contributed by atoms with van der Waals surface area (Å²) in [5.74, 6) is 0.662. The first kappa shape index (κ1) is 18.4. The molecule has 3 fully saturated rings. The Labute approximate surface area is 161 Å². The topological polar surface area (TPSA) is 73.5 Å².